The molecule has 4 rings (SSSR count). The Labute approximate surface area is 165 Å². The predicted molar refractivity (Wildman–Crippen MR) is 107 cm³/mol. The van der Waals surface area contributed by atoms with Gasteiger partial charge in [0.25, 0.3) is 0 Å². The summed E-state index contributed by atoms with van der Waals surface area (Å²) < 4.78 is 0. The molecule has 1 aromatic carbocycles. The smallest absolute Gasteiger partial charge is 0.240 e. The predicted octanol–water partition coefficient (Wildman–Crippen LogP) is 4.78. The number of imide groups is 1. The lowest BCUT2D eigenvalue weighted by atomic mass is 9.86. The third kappa shape index (κ3) is 3.20. The molecular weight excluding hydrogens is 350 g/mol. The molecule has 28 heavy (non-hydrogen) atoms. The van der Waals surface area contributed by atoms with E-state index in [1.807, 2.05) is 44.2 Å². The highest BCUT2D eigenvalue weighted by molar-refractivity contribution is 6.22. The van der Waals surface area contributed by atoms with Crippen molar-refractivity contribution in [2.24, 2.45) is 5.41 Å². The Morgan fingerprint density at radius 3 is 2.61 bits per heavy atom. The summed E-state index contributed by atoms with van der Waals surface area (Å²) in [6.45, 7) is 11.0. The van der Waals surface area contributed by atoms with Gasteiger partial charge < -0.3 is 0 Å². The molecule has 0 N–H and O–H groups in total. The zero-order valence-corrected chi connectivity index (χ0v) is 16.2. The topological polar surface area (TPSA) is 54.6 Å². The summed E-state index contributed by atoms with van der Waals surface area (Å²) in [5, 5.41) is 0. The number of pyridine rings is 1. The minimum atomic E-state index is -0.612. The normalized spacial score (nSPS) is 21.8. The van der Waals surface area contributed by atoms with E-state index in [0.29, 0.717) is 30.1 Å². The minimum Gasteiger partial charge on any atom is -0.274 e. The Hall–Kier alpha value is -3.00. The second kappa shape index (κ2) is 6.87. The third-order valence-corrected chi connectivity index (χ3v) is 6.01. The monoisotopic (exact) mass is 373 g/mol. The summed E-state index contributed by atoms with van der Waals surface area (Å²) >= 11 is 0. The highest BCUT2D eigenvalue weighted by Gasteiger charge is 2.47. The maximum absolute atomic E-state index is 12.7. The second-order valence-corrected chi connectivity index (χ2v) is 8.08. The molecule has 0 radical (unpaired) electrons. The number of rotatable bonds is 5. The van der Waals surface area contributed by atoms with E-state index in [1.54, 1.807) is 6.20 Å². The SMILES string of the molecule is [C-]#[N+]c1ccc(Cc2ccc(N3C(=O)C[C@](C)(CC)C3=O)cn2)c(C2CC2)c1. The second-order valence-electron chi connectivity index (χ2n) is 8.08. The summed E-state index contributed by atoms with van der Waals surface area (Å²) in [6, 6.07) is 9.58. The first-order chi connectivity index (χ1) is 13.4. The van der Waals surface area contributed by atoms with Gasteiger partial charge in [0.1, 0.15) is 0 Å². The van der Waals surface area contributed by atoms with Gasteiger partial charge >= 0.3 is 0 Å². The summed E-state index contributed by atoms with van der Waals surface area (Å²) in [6.07, 6.45) is 5.55. The third-order valence-electron chi connectivity index (χ3n) is 6.01. The van der Waals surface area contributed by atoms with Crippen molar-refractivity contribution in [2.45, 2.75) is 51.9 Å². The molecule has 0 unspecified atom stereocenters. The molecule has 2 heterocycles. The lowest BCUT2D eigenvalue weighted by Crippen LogP contribution is -2.34. The van der Waals surface area contributed by atoms with E-state index in [4.69, 9.17) is 6.57 Å². The molecule has 142 valence electrons. The quantitative estimate of drug-likeness (QED) is 0.560. The van der Waals surface area contributed by atoms with Gasteiger partial charge in [-0.05, 0) is 42.9 Å². The number of nitrogens with zero attached hydrogens (tertiary/aromatic N) is 3. The minimum absolute atomic E-state index is 0.139. The fraction of sp³-hybridized carbons (Fsp3) is 0.391. The maximum Gasteiger partial charge on any atom is 0.240 e. The molecule has 5 nitrogen and oxygen atoms in total. The van der Waals surface area contributed by atoms with E-state index in [-0.39, 0.29) is 18.2 Å². The molecule has 5 heteroatoms. The number of carbonyl (C=O) groups is 2. The van der Waals surface area contributed by atoms with Crippen LogP contribution in [0.15, 0.2) is 36.5 Å². The number of anilines is 1. The number of amides is 2. The Kier molecular flexibility index (Phi) is 4.50. The number of hydrogen-bond acceptors (Lipinski definition) is 3. The Balaban J connectivity index is 1.56. The van der Waals surface area contributed by atoms with Crippen LogP contribution in [0.1, 0.15) is 62.3 Å². The van der Waals surface area contributed by atoms with Crippen molar-refractivity contribution in [3.8, 4) is 0 Å². The van der Waals surface area contributed by atoms with Crippen molar-refractivity contribution in [1.29, 1.82) is 0 Å². The fourth-order valence-corrected chi connectivity index (χ4v) is 3.84. The number of benzene rings is 1. The van der Waals surface area contributed by atoms with Crippen LogP contribution in [0.2, 0.25) is 0 Å². The van der Waals surface area contributed by atoms with Crippen LogP contribution in [0.25, 0.3) is 4.85 Å². The van der Waals surface area contributed by atoms with Crippen LogP contribution in [0.4, 0.5) is 11.4 Å². The van der Waals surface area contributed by atoms with Crippen LogP contribution in [0.3, 0.4) is 0 Å². The van der Waals surface area contributed by atoms with E-state index in [9.17, 15) is 9.59 Å². The molecule has 1 aliphatic carbocycles. The first kappa shape index (κ1) is 18.4. The Morgan fingerprint density at radius 1 is 1.25 bits per heavy atom. The Bertz CT molecular complexity index is 986. The fourth-order valence-electron chi connectivity index (χ4n) is 3.84. The molecule has 2 fully saturated rings. The molecule has 1 saturated heterocycles. The molecule has 1 saturated carbocycles. The van der Waals surface area contributed by atoms with Crippen molar-refractivity contribution in [2.75, 3.05) is 4.90 Å². The van der Waals surface area contributed by atoms with Crippen LogP contribution in [0, 0.1) is 12.0 Å². The lowest BCUT2D eigenvalue weighted by Gasteiger charge is -2.20. The van der Waals surface area contributed by atoms with Crippen molar-refractivity contribution >= 4 is 23.2 Å². The average Bonchev–Trinajstić information content (AvgIpc) is 3.51. The van der Waals surface area contributed by atoms with Gasteiger partial charge in [0.05, 0.1) is 23.9 Å². The molecule has 2 aliphatic rings. The van der Waals surface area contributed by atoms with Crippen LogP contribution in [0.5, 0.6) is 0 Å². The van der Waals surface area contributed by atoms with Crippen LogP contribution in [-0.2, 0) is 16.0 Å². The zero-order chi connectivity index (χ0) is 19.9. The highest BCUT2D eigenvalue weighted by atomic mass is 16.2. The van der Waals surface area contributed by atoms with Crippen molar-refractivity contribution in [1.82, 2.24) is 4.98 Å². The highest BCUT2D eigenvalue weighted by Crippen LogP contribution is 2.43. The van der Waals surface area contributed by atoms with Crippen LogP contribution in [-0.4, -0.2) is 16.8 Å². The van der Waals surface area contributed by atoms with Gasteiger partial charge in [-0.15, -0.1) is 0 Å². The summed E-state index contributed by atoms with van der Waals surface area (Å²) in [5.74, 6) is 0.262. The van der Waals surface area contributed by atoms with Crippen molar-refractivity contribution in [3.05, 3.63) is 64.8 Å². The number of aromatic nitrogens is 1. The molecular formula is C23H23N3O2. The largest absolute Gasteiger partial charge is 0.274 e. The molecule has 2 amide bonds. The molecule has 1 aliphatic heterocycles. The number of hydrogen-bond donors (Lipinski definition) is 0. The van der Waals surface area contributed by atoms with E-state index >= 15 is 0 Å². The lowest BCUT2D eigenvalue weighted by molar-refractivity contribution is -0.125. The Morgan fingerprint density at radius 2 is 2.04 bits per heavy atom. The average molecular weight is 373 g/mol. The first-order valence-corrected chi connectivity index (χ1v) is 9.78. The molecule has 1 atom stereocenters. The standard InChI is InChI=1S/C23H23N3O2/c1-4-23(2)13-21(27)26(22(23)28)19-10-9-18(25-14-19)11-16-7-8-17(24-3)12-20(16)15-5-6-15/h7-10,12,14-15H,4-6,11,13H2,1-2H3/t23-/m0/s1. The molecule has 2 aromatic rings. The first-order valence-electron chi connectivity index (χ1n) is 9.78. The van der Waals surface area contributed by atoms with Gasteiger partial charge in [-0.2, -0.15) is 0 Å². The van der Waals surface area contributed by atoms with Gasteiger partial charge in [0.2, 0.25) is 11.8 Å². The maximum atomic E-state index is 12.7. The van der Waals surface area contributed by atoms with Gasteiger partial charge in [0, 0.05) is 18.5 Å². The number of carbonyl (C=O) groups excluding carboxylic acids is 2. The van der Waals surface area contributed by atoms with Gasteiger partial charge in [-0.3, -0.25) is 14.6 Å². The summed E-state index contributed by atoms with van der Waals surface area (Å²) in [7, 11) is 0. The zero-order valence-electron chi connectivity index (χ0n) is 16.2. The van der Waals surface area contributed by atoms with Crippen molar-refractivity contribution in [3.63, 3.8) is 0 Å². The van der Waals surface area contributed by atoms with Gasteiger partial charge in [-0.1, -0.05) is 37.6 Å². The van der Waals surface area contributed by atoms with E-state index in [2.05, 4.69) is 9.83 Å². The molecule has 1 aromatic heterocycles. The van der Waals surface area contributed by atoms with Crippen LogP contribution >= 0.6 is 0 Å². The van der Waals surface area contributed by atoms with Gasteiger partial charge in [-0.25, -0.2) is 9.74 Å². The van der Waals surface area contributed by atoms with E-state index in [0.717, 1.165) is 5.69 Å². The van der Waals surface area contributed by atoms with Gasteiger partial charge in [0.15, 0.2) is 5.69 Å². The summed E-state index contributed by atoms with van der Waals surface area (Å²) in [4.78, 5) is 34.4. The van der Waals surface area contributed by atoms with Crippen LogP contribution < -0.4 is 4.90 Å². The molecule has 0 bridgehead atoms. The molecule has 0 spiro atoms. The van der Waals surface area contributed by atoms with E-state index < -0.39 is 5.41 Å². The van der Waals surface area contributed by atoms with E-state index in [1.165, 1.54) is 28.9 Å². The van der Waals surface area contributed by atoms with Crippen molar-refractivity contribution < 1.29 is 9.59 Å². The summed E-state index contributed by atoms with van der Waals surface area (Å²) in [5.41, 5.74) is 3.95.